The summed E-state index contributed by atoms with van der Waals surface area (Å²) in [4.78, 5) is 3.73. The molecule has 18 heavy (non-hydrogen) atoms. The second-order valence-electron chi connectivity index (χ2n) is 3.60. The average molecular weight is 288 g/mol. The number of rotatable bonds is 3. The Bertz CT molecular complexity index is 664. The molecule has 2 rings (SSSR count). The van der Waals surface area contributed by atoms with E-state index < -0.39 is 10.0 Å². The summed E-state index contributed by atoms with van der Waals surface area (Å²) in [5, 5.41) is 8.90. The average Bonchev–Trinajstić information content (AvgIpc) is 2.63. The molecule has 2 aromatic rings. The van der Waals surface area contributed by atoms with Crippen molar-refractivity contribution in [1.82, 2.24) is 9.55 Å². The van der Waals surface area contributed by atoms with E-state index in [0.717, 1.165) is 0 Å². The first kappa shape index (κ1) is 12.7. The molecule has 0 amide bonds. The van der Waals surface area contributed by atoms with Gasteiger partial charge >= 0.3 is 0 Å². The molecule has 1 aromatic carbocycles. The van der Waals surface area contributed by atoms with E-state index in [4.69, 9.17) is 16.7 Å². The van der Waals surface area contributed by atoms with Gasteiger partial charge in [0.15, 0.2) is 0 Å². The highest BCUT2D eigenvalue weighted by atomic mass is 35.5. The highest BCUT2D eigenvalue weighted by molar-refractivity contribution is 7.92. The number of aromatic nitrogens is 2. The smallest absolute Gasteiger partial charge is 0.282 e. The van der Waals surface area contributed by atoms with E-state index in [0.29, 0.717) is 5.69 Å². The van der Waals surface area contributed by atoms with Crippen LogP contribution in [0.1, 0.15) is 0 Å². The number of sulfonamides is 1. The predicted molar refractivity (Wildman–Crippen MR) is 67.1 cm³/mol. The number of imidazole rings is 1. The number of benzene rings is 1. The lowest BCUT2D eigenvalue weighted by Crippen LogP contribution is -2.13. The first-order chi connectivity index (χ1) is 8.40. The molecule has 2 N–H and O–H groups in total. The van der Waals surface area contributed by atoms with E-state index in [1.165, 1.54) is 35.2 Å². The third-order valence-electron chi connectivity index (χ3n) is 2.21. The molecule has 0 unspecified atom stereocenters. The minimum atomic E-state index is -3.83. The fourth-order valence-corrected chi connectivity index (χ4v) is 2.80. The van der Waals surface area contributed by atoms with Crippen LogP contribution in [0.2, 0.25) is 5.15 Å². The van der Waals surface area contributed by atoms with Gasteiger partial charge in [-0.15, -0.1) is 0 Å². The van der Waals surface area contributed by atoms with Gasteiger partial charge in [-0.3, -0.25) is 4.72 Å². The zero-order chi connectivity index (χ0) is 13.3. The lowest BCUT2D eigenvalue weighted by atomic mass is 10.3. The number of phenols is 1. The first-order valence-electron chi connectivity index (χ1n) is 4.89. The standard InChI is InChI=1S/C10H10ClN3O3S/c1-14-6-12-10(9(14)11)18(16,17)13-7-2-4-8(15)5-3-7/h2-6,13,15H,1H3. The van der Waals surface area contributed by atoms with Crippen molar-refractivity contribution in [3.8, 4) is 5.75 Å². The van der Waals surface area contributed by atoms with Crippen molar-refractivity contribution in [2.75, 3.05) is 4.72 Å². The molecule has 0 radical (unpaired) electrons. The maximum absolute atomic E-state index is 12.0. The Morgan fingerprint density at radius 2 is 1.94 bits per heavy atom. The first-order valence-corrected chi connectivity index (χ1v) is 6.75. The van der Waals surface area contributed by atoms with Crippen molar-refractivity contribution < 1.29 is 13.5 Å². The Balaban J connectivity index is 2.33. The highest BCUT2D eigenvalue weighted by Crippen LogP contribution is 2.22. The number of nitrogens with zero attached hydrogens (tertiary/aromatic N) is 2. The molecule has 6 nitrogen and oxygen atoms in total. The van der Waals surface area contributed by atoms with Crippen LogP contribution < -0.4 is 4.72 Å². The normalized spacial score (nSPS) is 11.4. The Hall–Kier alpha value is -1.73. The molecule has 1 aromatic heterocycles. The third kappa shape index (κ3) is 2.41. The van der Waals surface area contributed by atoms with Gasteiger partial charge in [-0.2, -0.15) is 8.42 Å². The van der Waals surface area contributed by atoms with E-state index in [1.54, 1.807) is 7.05 Å². The number of aromatic hydroxyl groups is 1. The quantitative estimate of drug-likeness (QED) is 0.840. The van der Waals surface area contributed by atoms with Crippen molar-refractivity contribution in [1.29, 1.82) is 0 Å². The van der Waals surface area contributed by atoms with Crippen LogP contribution >= 0.6 is 11.6 Å². The van der Waals surface area contributed by atoms with Gasteiger partial charge in [0.2, 0.25) is 5.03 Å². The number of anilines is 1. The molecule has 0 saturated carbocycles. The summed E-state index contributed by atoms with van der Waals surface area (Å²) in [6, 6.07) is 5.61. The Morgan fingerprint density at radius 1 is 1.33 bits per heavy atom. The highest BCUT2D eigenvalue weighted by Gasteiger charge is 2.22. The summed E-state index contributed by atoms with van der Waals surface area (Å²) in [6.45, 7) is 0. The van der Waals surface area contributed by atoms with Crippen molar-refractivity contribution in [3.05, 3.63) is 35.7 Å². The van der Waals surface area contributed by atoms with Crippen LogP contribution in [0.25, 0.3) is 0 Å². The van der Waals surface area contributed by atoms with Crippen LogP contribution in [0, 0.1) is 0 Å². The minimum Gasteiger partial charge on any atom is -0.508 e. The van der Waals surface area contributed by atoms with Gasteiger partial charge in [0.05, 0.1) is 6.33 Å². The van der Waals surface area contributed by atoms with E-state index in [-0.39, 0.29) is 15.9 Å². The molecule has 0 saturated heterocycles. The van der Waals surface area contributed by atoms with E-state index in [1.807, 2.05) is 0 Å². The SMILES string of the molecule is Cn1cnc(S(=O)(=O)Nc2ccc(O)cc2)c1Cl. The van der Waals surface area contributed by atoms with Crippen LogP contribution in [0.15, 0.2) is 35.6 Å². The van der Waals surface area contributed by atoms with Crippen LogP contribution in [-0.4, -0.2) is 23.1 Å². The predicted octanol–water partition coefficient (Wildman–Crippen LogP) is 1.58. The number of nitrogens with one attached hydrogen (secondary N) is 1. The summed E-state index contributed by atoms with van der Waals surface area (Å²) in [6.07, 6.45) is 1.31. The molecule has 1 heterocycles. The zero-order valence-electron chi connectivity index (χ0n) is 9.33. The number of phenolic OH excluding ortho intramolecular Hbond substituents is 1. The van der Waals surface area contributed by atoms with Crippen LogP contribution in [0.5, 0.6) is 5.75 Å². The maximum Gasteiger partial charge on any atom is 0.282 e. The van der Waals surface area contributed by atoms with Gasteiger partial charge in [0.1, 0.15) is 10.9 Å². The second kappa shape index (κ2) is 4.51. The molecule has 0 aliphatic rings. The molecule has 0 aliphatic carbocycles. The molecule has 0 bridgehead atoms. The van der Waals surface area contributed by atoms with Gasteiger partial charge in [0.25, 0.3) is 10.0 Å². The summed E-state index contributed by atoms with van der Waals surface area (Å²) in [7, 11) is -2.24. The van der Waals surface area contributed by atoms with Gasteiger partial charge in [0, 0.05) is 12.7 Å². The van der Waals surface area contributed by atoms with E-state index in [9.17, 15) is 8.42 Å². The Kier molecular flexibility index (Phi) is 3.18. The fourth-order valence-electron chi connectivity index (χ4n) is 1.31. The topological polar surface area (TPSA) is 84.2 Å². The van der Waals surface area contributed by atoms with E-state index in [2.05, 4.69) is 9.71 Å². The third-order valence-corrected chi connectivity index (χ3v) is 4.08. The van der Waals surface area contributed by atoms with Crippen molar-refractivity contribution >= 4 is 27.3 Å². The zero-order valence-corrected chi connectivity index (χ0v) is 10.9. The summed E-state index contributed by atoms with van der Waals surface area (Å²) >= 11 is 5.83. The molecule has 0 fully saturated rings. The van der Waals surface area contributed by atoms with Crippen molar-refractivity contribution in [2.24, 2.45) is 7.05 Å². The molecule has 0 atom stereocenters. The molecular weight excluding hydrogens is 278 g/mol. The molecule has 96 valence electrons. The molecular formula is C10H10ClN3O3S. The fraction of sp³-hybridized carbons (Fsp3) is 0.100. The number of hydrogen-bond acceptors (Lipinski definition) is 4. The Labute approximate surface area is 109 Å². The van der Waals surface area contributed by atoms with Crippen molar-refractivity contribution in [3.63, 3.8) is 0 Å². The summed E-state index contributed by atoms with van der Waals surface area (Å²) in [5.74, 6) is 0.0498. The summed E-state index contributed by atoms with van der Waals surface area (Å²) < 4.78 is 27.7. The number of halogens is 1. The van der Waals surface area contributed by atoms with Crippen LogP contribution in [0.4, 0.5) is 5.69 Å². The Morgan fingerprint density at radius 3 is 2.44 bits per heavy atom. The number of hydrogen-bond donors (Lipinski definition) is 2. The lowest BCUT2D eigenvalue weighted by Gasteiger charge is -2.06. The van der Waals surface area contributed by atoms with Gasteiger partial charge in [-0.05, 0) is 24.3 Å². The van der Waals surface area contributed by atoms with Gasteiger partial charge < -0.3 is 9.67 Å². The van der Waals surface area contributed by atoms with Gasteiger partial charge in [-0.1, -0.05) is 11.6 Å². The van der Waals surface area contributed by atoms with Crippen LogP contribution in [0.3, 0.4) is 0 Å². The van der Waals surface area contributed by atoms with Gasteiger partial charge in [-0.25, -0.2) is 4.98 Å². The monoisotopic (exact) mass is 287 g/mol. The van der Waals surface area contributed by atoms with E-state index >= 15 is 0 Å². The minimum absolute atomic E-state index is 0.0290. The molecule has 0 spiro atoms. The largest absolute Gasteiger partial charge is 0.508 e. The molecule has 8 heteroatoms. The number of aryl methyl sites for hydroxylation is 1. The summed E-state index contributed by atoms with van der Waals surface area (Å²) in [5.41, 5.74) is 0.314. The van der Waals surface area contributed by atoms with Crippen molar-refractivity contribution in [2.45, 2.75) is 5.03 Å². The van der Waals surface area contributed by atoms with Crippen LogP contribution in [-0.2, 0) is 17.1 Å². The maximum atomic E-state index is 12.0. The second-order valence-corrected chi connectivity index (χ2v) is 5.56. The lowest BCUT2D eigenvalue weighted by molar-refractivity contribution is 0.475. The molecule has 0 aliphatic heterocycles.